The predicted molar refractivity (Wildman–Crippen MR) is 81.0 cm³/mol. The van der Waals surface area contributed by atoms with E-state index >= 15 is 0 Å². The first-order chi connectivity index (χ1) is 8.97. The Balaban J connectivity index is 2.12. The molecule has 1 aliphatic carbocycles. The van der Waals surface area contributed by atoms with Gasteiger partial charge in [-0.3, -0.25) is 4.79 Å². The van der Waals surface area contributed by atoms with Gasteiger partial charge in [-0.05, 0) is 24.5 Å². The normalized spacial score (nSPS) is 16.5. The molecule has 3 nitrogen and oxygen atoms in total. The molecule has 5 heteroatoms. The summed E-state index contributed by atoms with van der Waals surface area (Å²) in [5.41, 5.74) is 6.06. The minimum atomic E-state index is -0.620. The Morgan fingerprint density at radius 1 is 1.47 bits per heavy atom. The number of benzene rings is 1. The number of carbonyl (C=O) groups is 1. The highest BCUT2D eigenvalue weighted by molar-refractivity contribution is 7.80. The smallest absolute Gasteiger partial charge is 0.235 e. The lowest BCUT2D eigenvalue weighted by Gasteiger charge is -2.41. The number of thiocarbonyl (C=S) groups is 1. The van der Waals surface area contributed by atoms with Crippen molar-refractivity contribution < 1.29 is 4.79 Å². The largest absolute Gasteiger partial charge is 0.392 e. The Kier molecular flexibility index (Phi) is 4.11. The van der Waals surface area contributed by atoms with Crippen molar-refractivity contribution in [2.24, 2.45) is 11.1 Å². The van der Waals surface area contributed by atoms with Crippen molar-refractivity contribution in [2.45, 2.75) is 25.8 Å². The highest BCUT2D eigenvalue weighted by Crippen LogP contribution is 2.43. The summed E-state index contributed by atoms with van der Waals surface area (Å²) in [6, 6.07) is 7.52. The van der Waals surface area contributed by atoms with Crippen LogP contribution in [-0.2, 0) is 11.3 Å². The molecule has 1 saturated carbocycles. The van der Waals surface area contributed by atoms with Gasteiger partial charge in [0.1, 0.15) is 0 Å². The lowest BCUT2D eigenvalue weighted by atomic mass is 9.67. The molecule has 1 aromatic carbocycles. The number of carbonyl (C=O) groups excluding carboxylic acids is 1. The van der Waals surface area contributed by atoms with Crippen molar-refractivity contribution in [3.05, 3.63) is 34.9 Å². The Hall–Kier alpha value is -1.13. The molecule has 0 bridgehead atoms. The van der Waals surface area contributed by atoms with E-state index in [9.17, 15) is 4.79 Å². The van der Waals surface area contributed by atoms with E-state index in [1.807, 2.05) is 24.3 Å². The van der Waals surface area contributed by atoms with Crippen LogP contribution < -0.4 is 5.73 Å². The Labute approximate surface area is 123 Å². The zero-order chi connectivity index (χ0) is 14.0. The fourth-order valence-corrected chi connectivity index (χ4v) is 2.90. The zero-order valence-electron chi connectivity index (χ0n) is 10.9. The average molecular weight is 297 g/mol. The van der Waals surface area contributed by atoms with Crippen LogP contribution >= 0.6 is 23.8 Å². The first-order valence-electron chi connectivity index (χ1n) is 6.26. The van der Waals surface area contributed by atoms with Crippen LogP contribution in [-0.4, -0.2) is 22.8 Å². The van der Waals surface area contributed by atoms with Crippen molar-refractivity contribution in [2.75, 3.05) is 7.05 Å². The van der Waals surface area contributed by atoms with Gasteiger partial charge >= 0.3 is 0 Å². The molecule has 2 rings (SSSR count). The first-order valence-corrected chi connectivity index (χ1v) is 7.05. The van der Waals surface area contributed by atoms with Gasteiger partial charge in [0.25, 0.3) is 0 Å². The molecular weight excluding hydrogens is 280 g/mol. The van der Waals surface area contributed by atoms with E-state index in [1.54, 1.807) is 11.9 Å². The molecule has 0 saturated heterocycles. The van der Waals surface area contributed by atoms with E-state index in [1.165, 1.54) is 0 Å². The van der Waals surface area contributed by atoms with Crippen molar-refractivity contribution in [1.82, 2.24) is 4.90 Å². The number of halogens is 1. The van der Waals surface area contributed by atoms with Crippen LogP contribution in [0, 0.1) is 5.41 Å². The van der Waals surface area contributed by atoms with E-state index in [0.717, 1.165) is 24.8 Å². The quantitative estimate of drug-likeness (QED) is 0.869. The van der Waals surface area contributed by atoms with Gasteiger partial charge in [0.2, 0.25) is 5.91 Å². The van der Waals surface area contributed by atoms with Gasteiger partial charge in [0.05, 0.1) is 10.4 Å². The minimum Gasteiger partial charge on any atom is -0.392 e. The molecule has 0 atom stereocenters. The number of hydrogen-bond donors (Lipinski definition) is 1. The minimum absolute atomic E-state index is 0.00571. The van der Waals surface area contributed by atoms with E-state index in [4.69, 9.17) is 29.6 Å². The maximum atomic E-state index is 12.5. The van der Waals surface area contributed by atoms with E-state index in [-0.39, 0.29) is 5.91 Å². The molecule has 102 valence electrons. The molecule has 0 spiro atoms. The summed E-state index contributed by atoms with van der Waals surface area (Å²) in [6.45, 7) is 0.475. The van der Waals surface area contributed by atoms with Crippen molar-refractivity contribution >= 4 is 34.7 Å². The van der Waals surface area contributed by atoms with Crippen molar-refractivity contribution in [3.63, 3.8) is 0 Å². The summed E-state index contributed by atoms with van der Waals surface area (Å²) in [6.07, 6.45) is 2.52. The van der Waals surface area contributed by atoms with Crippen LogP contribution in [0.3, 0.4) is 0 Å². The van der Waals surface area contributed by atoms with E-state index in [2.05, 4.69) is 0 Å². The van der Waals surface area contributed by atoms with Gasteiger partial charge in [0, 0.05) is 18.6 Å². The van der Waals surface area contributed by atoms with Crippen molar-refractivity contribution in [1.29, 1.82) is 0 Å². The van der Waals surface area contributed by atoms with Gasteiger partial charge in [-0.15, -0.1) is 0 Å². The molecule has 0 radical (unpaired) electrons. The second-order valence-electron chi connectivity index (χ2n) is 5.05. The Bertz CT molecular complexity index is 514. The van der Waals surface area contributed by atoms with Crippen LogP contribution in [0.5, 0.6) is 0 Å². The van der Waals surface area contributed by atoms with Gasteiger partial charge < -0.3 is 10.6 Å². The van der Waals surface area contributed by atoms with Crippen LogP contribution in [0.2, 0.25) is 5.02 Å². The average Bonchev–Trinajstić information content (AvgIpc) is 2.30. The fraction of sp³-hybridized carbons (Fsp3) is 0.429. The summed E-state index contributed by atoms with van der Waals surface area (Å²) in [5, 5.41) is 0.667. The van der Waals surface area contributed by atoms with Crippen LogP contribution in [0.1, 0.15) is 24.8 Å². The highest BCUT2D eigenvalue weighted by Gasteiger charge is 2.48. The third-order valence-corrected chi connectivity index (χ3v) is 4.56. The van der Waals surface area contributed by atoms with Gasteiger partial charge in [-0.2, -0.15) is 0 Å². The zero-order valence-corrected chi connectivity index (χ0v) is 12.4. The summed E-state index contributed by atoms with van der Waals surface area (Å²) >= 11 is 11.2. The second-order valence-corrected chi connectivity index (χ2v) is 5.90. The van der Waals surface area contributed by atoms with E-state index in [0.29, 0.717) is 16.6 Å². The molecular formula is C14H17ClN2OS. The van der Waals surface area contributed by atoms with Gasteiger partial charge in [-0.25, -0.2) is 0 Å². The maximum absolute atomic E-state index is 12.5. The number of nitrogens with zero attached hydrogens (tertiary/aromatic N) is 1. The molecule has 1 fully saturated rings. The van der Waals surface area contributed by atoms with Crippen LogP contribution in [0.25, 0.3) is 0 Å². The standard InChI is InChI=1S/C14H17ClN2OS/c1-17(9-10-5-2-3-6-11(10)15)13(18)14(12(16)19)7-4-8-14/h2-3,5-6H,4,7-9H2,1H3,(H2,16,19). The molecule has 0 heterocycles. The van der Waals surface area contributed by atoms with Crippen molar-refractivity contribution in [3.8, 4) is 0 Å². The molecule has 2 N–H and O–H groups in total. The molecule has 1 amide bonds. The van der Waals surface area contributed by atoms with Crippen LogP contribution in [0.4, 0.5) is 0 Å². The monoisotopic (exact) mass is 296 g/mol. The molecule has 0 aliphatic heterocycles. The Morgan fingerprint density at radius 3 is 2.58 bits per heavy atom. The summed E-state index contributed by atoms with van der Waals surface area (Å²) in [5.74, 6) is 0.00571. The summed E-state index contributed by atoms with van der Waals surface area (Å²) < 4.78 is 0. The molecule has 19 heavy (non-hydrogen) atoms. The number of hydrogen-bond acceptors (Lipinski definition) is 2. The SMILES string of the molecule is CN(Cc1ccccc1Cl)C(=O)C1(C(N)=S)CCC1. The molecule has 1 aliphatic rings. The molecule has 0 unspecified atom stereocenters. The number of rotatable bonds is 4. The predicted octanol–water partition coefficient (Wildman–Crippen LogP) is 2.75. The lowest BCUT2D eigenvalue weighted by Crippen LogP contribution is -2.53. The van der Waals surface area contributed by atoms with Gasteiger partial charge in [-0.1, -0.05) is 48.4 Å². The Morgan fingerprint density at radius 2 is 2.11 bits per heavy atom. The van der Waals surface area contributed by atoms with Crippen LogP contribution in [0.15, 0.2) is 24.3 Å². The second kappa shape index (κ2) is 5.47. The fourth-order valence-electron chi connectivity index (χ4n) is 2.42. The first kappa shape index (κ1) is 14.3. The molecule has 1 aromatic rings. The topological polar surface area (TPSA) is 46.3 Å². The molecule has 0 aromatic heterocycles. The third-order valence-electron chi connectivity index (χ3n) is 3.80. The highest BCUT2D eigenvalue weighted by atomic mass is 35.5. The number of nitrogens with two attached hydrogens (primary N) is 1. The summed E-state index contributed by atoms with van der Waals surface area (Å²) in [4.78, 5) is 14.5. The third kappa shape index (κ3) is 2.60. The van der Waals surface area contributed by atoms with Gasteiger partial charge in [0.15, 0.2) is 0 Å². The summed E-state index contributed by atoms with van der Waals surface area (Å²) in [7, 11) is 1.77. The van der Waals surface area contributed by atoms with E-state index < -0.39 is 5.41 Å². The lowest BCUT2D eigenvalue weighted by molar-refractivity contribution is -0.141. The number of amides is 1. The maximum Gasteiger partial charge on any atom is 0.235 e.